The lowest BCUT2D eigenvalue weighted by Crippen LogP contribution is -2.41. The normalized spacial score (nSPS) is 18.9. The molecule has 2 fully saturated rings. The lowest BCUT2D eigenvalue weighted by Gasteiger charge is -2.26. The smallest absolute Gasteiger partial charge is 0.263 e. The van der Waals surface area contributed by atoms with Crippen LogP contribution >= 0.6 is 0 Å². The molecule has 0 aliphatic carbocycles. The molecule has 0 saturated carbocycles. The van der Waals surface area contributed by atoms with Crippen LogP contribution < -0.4 is 10.6 Å². The molecule has 2 heterocycles. The number of morpholine rings is 1. The molecule has 8 heteroatoms. The van der Waals surface area contributed by atoms with E-state index in [0.29, 0.717) is 26.1 Å². The number of carbonyl (C=O) groups is 2. The van der Waals surface area contributed by atoms with Gasteiger partial charge in [-0.25, -0.2) is 0 Å². The SMILES string of the molecule is N#C/C(=C/NCCCN1CCCC1=O)C(=O)NCCN1CCOCC1. The van der Waals surface area contributed by atoms with Crippen LogP contribution in [0, 0.1) is 11.3 Å². The first-order valence-electron chi connectivity index (χ1n) is 8.90. The number of nitriles is 1. The first kappa shape index (κ1) is 19.2. The molecule has 0 spiro atoms. The Hall–Kier alpha value is -2.11. The van der Waals surface area contributed by atoms with Gasteiger partial charge in [0.05, 0.1) is 13.2 Å². The predicted octanol–water partition coefficient (Wildman–Crippen LogP) is -0.556. The largest absolute Gasteiger partial charge is 0.390 e. The highest BCUT2D eigenvalue weighted by molar-refractivity contribution is 5.97. The molecule has 2 amide bonds. The zero-order valence-corrected chi connectivity index (χ0v) is 14.6. The van der Waals surface area contributed by atoms with Crippen LogP contribution in [0.1, 0.15) is 19.3 Å². The summed E-state index contributed by atoms with van der Waals surface area (Å²) in [6.45, 7) is 6.64. The van der Waals surface area contributed by atoms with Crippen LogP contribution in [0.3, 0.4) is 0 Å². The van der Waals surface area contributed by atoms with Gasteiger partial charge in [-0.05, 0) is 12.8 Å². The molecule has 2 N–H and O–H groups in total. The third-order valence-corrected chi connectivity index (χ3v) is 4.35. The quantitative estimate of drug-likeness (QED) is 0.329. The Balaban J connectivity index is 1.60. The van der Waals surface area contributed by atoms with E-state index >= 15 is 0 Å². The summed E-state index contributed by atoms with van der Waals surface area (Å²) in [6.07, 6.45) is 3.83. The molecule has 0 aromatic rings. The van der Waals surface area contributed by atoms with Crippen molar-refractivity contribution in [3.63, 3.8) is 0 Å². The maximum absolute atomic E-state index is 12.0. The van der Waals surface area contributed by atoms with Gasteiger partial charge in [0.25, 0.3) is 5.91 Å². The minimum atomic E-state index is -0.363. The van der Waals surface area contributed by atoms with E-state index in [1.165, 1.54) is 6.20 Å². The predicted molar refractivity (Wildman–Crippen MR) is 92.4 cm³/mol. The fourth-order valence-corrected chi connectivity index (χ4v) is 2.88. The van der Waals surface area contributed by atoms with Crippen molar-refractivity contribution in [2.75, 3.05) is 59.0 Å². The molecular formula is C17H27N5O3. The molecule has 0 radical (unpaired) electrons. The van der Waals surface area contributed by atoms with Gasteiger partial charge >= 0.3 is 0 Å². The number of carbonyl (C=O) groups excluding carboxylic acids is 2. The summed E-state index contributed by atoms with van der Waals surface area (Å²) >= 11 is 0. The van der Waals surface area contributed by atoms with E-state index in [4.69, 9.17) is 10.00 Å². The number of amides is 2. The summed E-state index contributed by atoms with van der Waals surface area (Å²) in [6, 6.07) is 1.92. The van der Waals surface area contributed by atoms with Gasteiger partial charge in [-0.2, -0.15) is 5.26 Å². The molecule has 138 valence electrons. The molecule has 0 bridgehead atoms. The average molecular weight is 349 g/mol. The number of ether oxygens (including phenoxy) is 1. The second-order valence-electron chi connectivity index (χ2n) is 6.17. The number of rotatable bonds is 9. The highest BCUT2D eigenvalue weighted by Gasteiger charge is 2.18. The summed E-state index contributed by atoms with van der Waals surface area (Å²) in [5, 5.41) is 14.9. The van der Waals surface area contributed by atoms with Crippen LogP contribution in [0.25, 0.3) is 0 Å². The Morgan fingerprint density at radius 1 is 1.24 bits per heavy atom. The van der Waals surface area contributed by atoms with Gasteiger partial charge in [0.2, 0.25) is 5.91 Å². The molecule has 0 aromatic heterocycles. The van der Waals surface area contributed by atoms with Crippen molar-refractivity contribution in [1.29, 1.82) is 5.26 Å². The molecule has 25 heavy (non-hydrogen) atoms. The molecule has 8 nitrogen and oxygen atoms in total. The molecule has 0 atom stereocenters. The number of likely N-dealkylation sites (tertiary alicyclic amines) is 1. The lowest BCUT2D eigenvalue weighted by molar-refractivity contribution is -0.127. The Morgan fingerprint density at radius 3 is 2.72 bits per heavy atom. The topological polar surface area (TPSA) is 97.7 Å². The first-order valence-corrected chi connectivity index (χ1v) is 8.90. The molecule has 0 unspecified atom stereocenters. The number of hydrogen-bond donors (Lipinski definition) is 2. The second-order valence-corrected chi connectivity index (χ2v) is 6.17. The molecule has 2 saturated heterocycles. The fraction of sp³-hybridized carbons (Fsp3) is 0.706. The zero-order valence-electron chi connectivity index (χ0n) is 14.6. The third kappa shape index (κ3) is 6.72. The van der Waals surface area contributed by atoms with E-state index in [1.807, 2.05) is 11.0 Å². The molecule has 2 rings (SSSR count). The van der Waals surface area contributed by atoms with Crippen molar-refractivity contribution in [1.82, 2.24) is 20.4 Å². The van der Waals surface area contributed by atoms with Crippen LogP contribution in [-0.4, -0.2) is 80.6 Å². The molecule has 0 aromatic carbocycles. The maximum atomic E-state index is 12.0. The zero-order chi connectivity index (χ0) is 17.9. The van der Waals surface area contributed by atoms with Crippen LogP contribution in [0.4, 0.5) is 0 Å². The lowest BCUT2D eigenvalue weighted by atomic mass is 10.3. The average Bonchev–Trinajstić information content (AvgIpc) is 3.04. The van der Waals surface area contributed by atoms with Gasteiger partial charge in [-0.1, -0.05) is 0 Å². The molecule has 2 aliphatic rings. The second kappa shape index (κ2) is 10.7. The van der Waals surface area contributed by atoms with Crippen LogP contribution in [0.2, 0.25) is 0 Å². The van der Waals surface area contributed by atoms with Gasteiger partial charge in [0, 0.05) is 58.4 Å². The van der Waals surface area contributed by atoms with Crippen molar-refractivity contribution in [3.8, 4) is 6.07 Å². The van der Waals surface area contributed by atoms with Crippen molar-refractivity contribution in [3.05, 3.63) is 11.8 Å². The Morgan fingerprint density at radius 2 is 2.04 bits per heavy atom. The fourth-order valence-electron chi connectivity index (χ4n) is 2.88. The summed E-state index contributed by atoms with van der Waals surface area (Å²) in [5.74, 6) is -0.147. The van der Waals surface area contributed by atoms with E-state index in [2.05, 4.69) is 15.5 Å². The van der Waals surface area contributed by atoms with Crippen LogP contribution in [0.15, 0.2) is 11.8 Å². The highest BCUT2D eigenvalue weighted by Crippen LogP contribution is 2.09. The highest BCUT2D eigenvalue weighted by atomic mass is 16.5. The van der Waals surface area contributed by atoms with E-state index in [-0.39, 0.29) is 17.4 Å². The van der Waals surface area contributed by atoms with Crippen molar-refractivity contribution < 1.29 is 14.3 Å². The van der Waals surface area contributed by atoms with Gasteiger partial charge < -0.3 is 20.3 Å². The summed E-state index contributed by atoms with van der Waals surface area (Å²) in [5.41, 5.74) is 0.0687. The van der Waals surface area contributed by atoms with Gasteiger partial charge in [0.15, 0.2) is 0 Å². The Kier molecular flexibility index (Phi) is 8.22. The van der Waals surface area contributed by atoms with Crippen molar-refractivity contribution >= 4 is 11.8 Å². The first-order chi connectivity index (χ1) is 12.2. The molecule has 2 aliphatic heterocycles. The van der Waals surface area contributed by atoms with E-state index in [0.717, 1.165) is 52.2 Å². The third-order valence-electron chi connectivity index (χ3n) is 4.35. The van der Waals surface area contributed by atoms with Crippen LogP contribution in [-0.2, 0) is 14.3 Å². The van der Waals surface area contributed by atoms with Gasteiger partial charge in [0.1, 0.15) is 11.6 Å². The Bertz CT molecular complexity index is 523. The monoisotopic (exact) mass is 349 g/mol. The molecular weight excluding hydrogens is 322 g/mol. The summed E-state index contributed by atoms with van der Waals surface area (Å²) < 4.78 is 5.27. The number of nitrogens with zero attached hydrogens (tertiary/aromatic N) is 3. The van der Waals surface area contributed by atoms with Crippen molar-refractivity contribution in [2.45, 2.75) is 19.3 Å². The van der Waals surface area contributed by atoms with Crippen molar-refractivity contribution in [2.24, 2.45) is 0 Å². The van der Waals surface area contributed by atoms with E-state index < -0.39 is 0 Å². The van der Waals surface area contributed by atoms with E-state index in [1.54, 1.807) is 0 Å². The maximum Gasteiger partial charge on any atom is 0.263 e. The Labute approximate surface area is 148 Å². The number of hydrogen-bond acceptors (Lipinski definition) is 6. The minimum absolute atomic E-state index is 0.0687. The summed E-state index contributed by atoms with van der Waals surface area (Å²) in [7, 11) is 0. The summed E-state index contributed by atoms with van der Waals surface area (Å²) in [4.78, 5) is 27.6. The van der Waals surface area contributed by atoms with Gasteiger partial charge in [-0.15, -0.1) is 0 Å². The standard InChI is InChI=1S/C17H27N5O3/c18-13-15(14-19-4-2-7-22-6-1-3-16(22)23)17(24)20-5-8-21-9-11-25-12-10-21/h14,19H,1-12H2,(H,20,24)/b15-14-. The van der Waals surface area contributed by atoms with Gasteiger partial charge in [-0.3, -0.25) is 14.5 Å². The number of nitrogens with one attached hydrogen (secondary N) is 2. The van der Waals surface area contributed by atoms with Crippen LogP contribution in [0.5, 0.6) is 0 Å². The van der Waals surface area contributed by atoms with E-state index in [9.17, 15) is 9.59 Å². The minimum Gasteiger partial charge on any atom is -0.390 e.